The van der Waals surface area contributed by atoms with Gasteiger partial charge in [-0.15, -0.1) is 0 Å². The second-order valence-corrected chi connectivity index (χ2v) is 14.1. The zero-order valence-electron chi connectivity index (χ0n) is 29.0. The van der Waals surface area contributed by atoms with Crippen LogP contribution in [0.5, 0.6) is 23.0 Å². The summed E-state index contributed by atoms with van der Waals surface area (Å²) in [4.78, 5) is 0. The van der Waals surface area contributed by atoms with E-state index in [0.717, 1.165) is 11.1 Å². The summed E-state index contributed by atoms with van der Waals surface area (Å²) >= 11 is 0. The summed E-state index contributed by atoms with van der Waals surface area (Å²) in [6, 6.07) is 21.7. The van der Waals surface area contributed by atoms with Crippen molar-refractivity contribution < 1.29 is 46.2 Å². The Morgan fingerprint density at radius 2 is 0.920 bits per heavy atom. The van der Waals surface area contributed by atoms with E-state index in [0.29, 0.717) is 34.1 Å². The van der Waals surface area contributed by atoms with Crippen LogP contribution in [0, 0.1) is 22.7 Å². The lowest BCUT2D eigenvalue weighted by Gasteiger charge is -2.16. The van der Waals surface area contributed by atoms with Crippen molar-refractivity contribution in [2.24, 2.45) is 0 Å². The fourth-order valence-electron chi connectivity index (χ4n) is 4.54. The van der Waals surface area contributed by atoms with E-state index in [1.807, 2.05) is 36.4 Å². The van der Waals surface area contributed by atoms with E-state index in [4.69, 9.17) is 37.0 Å². The van der Waals surface area contributed by atoms with Gasteiger partial charge in [-0.3, -0.25) is 9.13 Å². The molecule has 0 amide bonds. The molecule has 0 aliphatic rings. The average Bonchev–Trinajstić information content (AvgIpc) is 3.11. The highest BCUT2D eigenvalue weighted by Crippen LogP contribution is 2.57. The molecule has 50 heavy (non-hydrogen) atoms. The third kappa shape index (κ3) is 10.8. The molecular formula is C36H42N2O10P2. The van der Waals surface area contributed by atoms with Crippen LogP contribution in [-0.2, 0) is 40.4 Å². The molecule has 0 saturated carbocycles. The summed E-state index contributed by atoms with van der Waals surface area (Å²) in [6.45, 7) is 7.62. The first kappa shape index (κ1) is 40.1. The zero-order valence-corrected chi connectivity index (χ0v) is 30.8. The van der Waals surface area contributed by atoms with E-state index in [-0.39, 0.29) is 50.3 Å². The first-order valence-corrected chi connectivity index (χ1v) is 18.9. The van der Waals surface area contributed by atoms with Crippen molar-refractivity contribution in [3.63, 3.8) is 0 Å². The highest BCUT2D eigenvalue weighted by Gasteiger charge is 2.31. The normalized spacial score (nSPS) is 12.2. The van der Waals surface area contributed by atoms with Gasteiger partial charge in [-0.05, 0) is 86.4 Å². The zero-order chi connectivity index (χ0) is 36.6. The van der Waals surface area contributed by atoms with E-state index in [2.05, 4.69) is 0 Å². The molecule has 14 heteroatoms. The highest BCUT2D eigenvalue weighted by molar-refractivity contribution is 7.59. The molecule has 0 unspecified atom stereocenters. The van der Waals surface area contributed by atoms with E-state index >= 15 is 0 Å². The van der Waals surface area contributed by atoms with Crippen molar-refractivity contribution >= 4 is 27.3 Å². The molecule has 0 saturated heterocycles. The van der Waals surface area contributed by atoms with Crippen LogP contribution in [0.4, 0.5) is 0 Å². The molecular weight excluding hydrogens is 682 g/mol. The minimum atomic E-state index is -3.77. The molecule has 3 rings (SSSR count). The Kier molecular flexibility index (Phi) is 15.8. The van der Waals surface area contributed by atoms with Crippen molar-refractivity contribution in [1.29, 1.82) is 10.5 Å². The van der Waals surface area contributed by atoms with Crippen molar-refractivity contribution in [1.82, 2.24) is 0 Å². The number of nitrogens with zero attached hydrogens (tertiary/aromatic N) is 2. The molecule has 0 aromatic heterocycles. The van der Waals surface area contributed by atoms with Crippen LogP contribution in [0.2, 0.25) is 0 Å². The predicted molar refractivity (Wildman–Crippen MR) is 190 cm³/mol. The van der Waals surface area contributed by atoms with E-state index in [9.17, 15) is 19.7 Å². The average molecular weight is 725 g/mol. The van der Waals surface area contributed by atoms with Crippen LogP contribution < -0.4 is 18.9 Å². The Balaban J connectivity index is 1.75. The van der Waals surface area contributed by atoms with Crippen LogP contribution in [0.3, 0.4) is 0 Å². The van der Waals surface area contributed by atoms with Crippen LogP contribution in [0.15, 0.2) is 71.3 Å². The largest absolute Gasteiger partial charge is 0.493 e. The van der Waals surface area contributed by atoms with Gasteiger partial charge in [-0.1, -0.05) is 36.4 Å². The Morgan fingerprint density at radius 3 is 1.20 bits per heavy atom. The van der Waals surface area contributed by atoms with Crippen LogP contribution in [-0.4, -0.2) is 40.6 Å². The lowest BCUT2D eigenvalue weighted by Crippen LogP contribution is -2.01. The van der Waals surface area contributed by atoms with Crippen molar-refractivity contribution in [3.05, 3.63) is 93.5 Å². The van der Waals surface area contributed by atoms with Crippen LogP contribution >= 0.6 is 15.2 Å². The van der Waals surface area contributed by atoms with Gasteiger partial charge >= 0.3 is 15.2 Å². The fourth-order valence-corrected chi connectivity index (χ4v) is 7.46. The van der Waals surface area contributed by atoms with E-state index in [1.54, 1.807) is 64.1 Å². The van der Waals surface area contributed by atoms with Crippen LogP contribution in [0.25, 0.3) is 12.2 Å². The molecule has 0 heterocycles. The van der Waals surface area contributed by atoms with Gasteiger partial charge in [0.2, 0.25) is 0 Å². The van der Waals surface area contributed by atoms with Crippen molar-refractivity contribution in [2.45, 2.75) is 40.9 Å². The first-order valence-electron chi connectivity index (χ1n) is 15.8. The molecule has 0 spiro atoms. The van der Waals surface area contributed by atoms with Gasteiger partial charge in [0, 0.05) is 0 Å². The number of hydrogen-bond donors (Lipinski definition) is 0. The van der Waals surface area contributed by atoms with Gasteiger partial charge in [0.25, 0.3) is 0 Å². The molecule has 0 aliphatic carbocycles. The Labute approximate surface area is 293 Å². The molecule has 0 fully saturated rings. The number of allylic oxidation sites excluding steroid dienone is 2. The lowest BCUT2D eigenvalue weighted by molar-refractivity contribution is 0.226. The summed E-state index contributed by atoms with van der Waals surface area (Å²) < 4.78 is 70.7. The number of rotatable bonds is 20. The molecule has 266 valence electrons. The van der Waals surface area contributed by atoms with Gasteiger partial charge in [0.1, 0.15) is 36.0 Å². The van der Waals surface area contributed by atoms with Gasteiger partial charge in [0.15, 0.2) is 23.0 Å². The summed E-state index contributed by atoms with van der Waals surface area (Å²) in [5.74, 6) is 1.81. The molecule has 0 bridgehead atoms. The highest BCUT2D eigenvalue weighted by atomic mass is 31.2. The Hall–Kier alpha value is -4.38. The number of methoxy groups -OCH3 is 2. The van der Waals surface area contributed by atoms with Crippen molar-refractivity contribution in [3.8, 4) is 35.1 Å². The topological polar surface area (TPSA) is 156 Å². The quantitative estimate of drug-likeness (QED) is 0.0806. The molecule has 0 radical (unpaired) electrons. The van der Waals surface area contributed by atoms with Gasteiger partial charge in [0.05, 0.1) is 40.6 Å². The van der Waals surface area contributed by atoms with Gasteiger partial charge in [-0.2, -0.15) is 10.5 Å². The maximum absolute atomic E-state index is 13.2. The number of benzene rings is 3. The second kappa shape index (κ2) is 19.7. The summed E-state index contributed by atoms with van der Waals surface area (Å²) in [5.41, 5.74) is 2.85. The summed E-state index contributed by atoms with van der Waals surface area (Å²) in [6.07, 6.45) is 2.91. The molecule has 12 nitrogen and oxygen atoms in total. The third-order valence-electron chi connectivity index (χ3n) is 6.81. The standard InChI is InChI=1S/C36H42N2O10P2/c1-7-45-49(39,46-8-2)31(23-37)19-29-15-17-33(41-5)35(21-29)43-25-27-11-13-28(14-12-27)26-44-36-22-30(16-18-34(36)42-6)20-32(24-38)50(40,47-9-3)48-10-4/h11-22H,7-10,25-26H2,1-6H3. The second-order valence-electron chi connectivity index (χ2n) is 10.2. The van der Waals surface area contributed by atoms with E-state index < -0.39 is 15.2 Å². The smallest absolute Gasteiger partial charge is 0.371 e. The molecule has 0 atom stereocenters. The Bertz CT molecular complexity index is 1680. The molecule has 0 aliphatic heterocycles. The lowest BCUT2D eigenvalue weighted by atomic mass is 10.1. The van der Waals surface area contributed by atoms with E-state index in [1.165, 1.54) is 26.4 Å². The minimum Gasteiger partial charge on any atom is -0.493 e. The summed E-state index contributed by atoms with van der Waals surface area (Å²) in [5, 5.41) is 19.2. The third-order valence-corrected chi connectivity index (χ3v) is 10.8. The summed E-state index contributed by atoms with van der Waals surface area (Å²) in [7, 11) is -4.50. The predicted octanol–water partition coefficient (Wildman–Crippen LogP) is 9.12. The SMILES string of the molecule is CCOP(=O)(OCC)C(C#N)=Cc1ccc(OC)c(OCc2ccc(COc3cc(C=C(C#N)P(=O)(OCC)OCC)ccc3OC)cc2)c1. The maximum atomic E-state index is 13.2. The van der Waals surface area contributed by atoms with Crippen molar-refractivity contribution in [2.75, 3.05) is 40.6 Å². The molecule has 0 N–H and O–H groups in total. The van der Waals surface area contributed by atoms with Gasteiger partial charge < -0.3 is 37.0 Å². The maximum Gasteiger partial charge on any atom is 0.371 e. The first-order chi connectivity index (χ1) is 24.1. The molecule has 3 aromatic rings. The van der Waals surface area contributed by atoms with Gasteiger partial charge in [-0.25, -0.2) is 0 Å². The molecule has 3 aromatic carbocycles. The Morgan fingerprint density at radius 1 is 0.580 bits per heavy atom. The number of hydrogen-bond acceptors (Lipinski definition) is 12. The number of nitriles is 2. The monoisotopic (exact) mass is 724 g/mol. The minimum absolute atomic E-state index is 0.114. The van der Waals surface area contributed by atoms with Crippen LogP contribution in [0.1, 0.15) is 49.9 Å². The fraction of sp³-hybridized carbons (Fsp3) is 0.333. The number of ether oxygens (including phenoxy) is 4.